The summed E-state index contributed by atoms with van der Waals surface area (Å²) in [5.74, 6) is 0.265. The third-order valence-corrected chi connectivity index (χ3v) is 2.10. The summed E-state index contributed by atoms with van der Waals surface area (Å²) >= 11 is 3.29. The summed E-state index contributed by atoms with van der Waals surface area (Å²) in [4.78, 5) is 4.13. The van der Waals surface area contributed by atoms with Gasteiger partial charge in [0.05, 0.1) is 5.52 Å². The first-order valence-corrected chi connectivity index (χ1v) is 4.30. The molecule has 1 aromatic heterocycles. The molecule has 1 N–H and O–H groups in total. The zero-order chi connectivity index (χ0) is 8.55. The number of fused-ring (bicyclic) bond motifs is 1. The Bertz CT molecular complexity index is 428. The molecule has 0 aliphatic rings. The molecule has 0 unspecified atom stereocenters. The molecule has 0 atom stereocenters. The van der Waals surface area contributed by atoms with E-state index in [1.165, 1.54) is 0 Å². The third kappa shape index (κ3) is 1.16. The molecule has 0 radical (unpaired) electrons. The van der Waals surface area contributed by atoms with Crippen molar-refractivity contribution in [3.05, 3.63) is 34.9 Å². The van der Waals surface area contributed by atoms with E-state index < -0.39 is 0 Å². The van der Waals surface area contributed by atoms with Gasteiger partial charge in [-0.2, -0.15) is 0 Å². The Kier molecular flexibility index (Phi) is 1.73. The number of hydrogen-bond acceptors (Lipinski definition) is 2. The maximum atomic E-state index is 9.43. The first-order chi connectivity index (χ1) is 5.77. The summed E-state index contributed by atoms with van der Waals surface area (Å²) in [5.41, 5.74) is 0.804. The second kappa shape index (κ2) is 2.75. The van der Waals surface area contributed by atoms with Gasteiger partial charge in [0.15, 0.2) is 0 Å². The predicted octanol–water partition coefficient (Wildman–Crippen LogP) is 2.70. The number of halogens is 1. The zero-order valence-electron chi connectivity index (χ0n) is 6.16. The van der Waals surface area contributed by atoms with Crippen molar-refractivity contribution in [2.24, 2.45) is 0 Å². The lowest BCUT2D eigenvalue weighted by molar-refractivity contribution is 0.481. The van der Waals surface area contributed by atoms with Crippen LogP contribution in [-0.4, -0.2) is 10.1 Å². The van der Waals surface area contributed by atoms with Crippen LogP contribution in [0, 0.1) is 0 Å². The lowest BCUT2D eigenvalue weighted by atomic mass is 10.2. The Morgan fingerprint density at radius 3 is 3.00 bits per heavy atom. The fraction of sp³-hybridized carbons (Fsp3) is 0. The molecule has 0 amide bonds. The van der Waals surface area contributed by atoms with Crippen LogP contribution in [0.2, 0.25) is 0 Å². The van der Waals surface area contributed by atoms with Crippen molar-refractivity contribution in [1.82, 2.24) is 4.98 Å². The monoisotopic (exact) mass is 223 g/mol. The van der Waals surface area contributed by atoms with Gasteiger partial charge in [-0.3, -0.25) is 4.98 Å². The predicted molar refractivity (Wildman–Crippen MR) is 51.1 cm³/mol. The Hall–Kier alpha value is -1.09. The van der Waals surface area contributed by atoms with E-state index in [-0.39, 0.29) is 5.75 Å². The maximum absolute atomic E-state index is 9.43. The topological polar surface area (TPSA) is 33.1 Å². The van der Waals surface area contributed by atoms with Crippen LogP contribution in [0.5, 0.6) is 5.75 Å². The fourth-order valence-electron chi connectivity index (χ4n) is 1.11. The van der Waals surface area contributed by atoms with E-state index in [0.717, 1.165) is 15.4 Å². The molecule has 1 aromatic carbocycles. The highest BCUT2D eigenvalue weighted by atomic mass is 79.9. The quantitative estimate of drug-likeness (QED) is 0.746. The number of aromatic hydroxyl groups is 1. The van der Waals surface area contributed by atoms with Crippen molar-refractivity contribution in [3.8, 4) is 5.75 Å². The second-order valence-corrected chi connectivity index (χ2v) is 3.41. The third-order valence-electron chi connectivity index (χ3n) is 1.67. The maximum Gasteiger partial charge on any atom is 0.125 e. The molecular weight excluding hydrogens is 218 g/mol. The number of rotatable bonds is 0. The largest absolute Gasteiger partial charge is 0.507 e. The van der Waals surface area contributed by atoms with Gasteiger partial charge < -0.3 is 5.11 Å². The number of hydrogen-bond donors (Lipinski definition) is 1. The van der Waals surface area contributed by atoms with Crippen molar-refractivity contribution >= 4 is 26.8 Å². The number of benzene rings is 1. The van der Waals surface area contributed by atoms with Crippen LogP contribution < -0.4 is 0 Å². The second-order valence-electron chi connectivity index (χ2n) is 2.50. The van der Waals surface area contributed by atoms with Gasteiger partial charge in [0.1, 0.15) is 5.75 Å². The summed E-state index contributed by atoms with van der Waals surface area (Å²) < 4.78 is 0.872. The molecule has 0 aliphatic heterocycles. The van der Waals surface area contributed by atoms with E-state index in [1.807, 2.05) is 12.1 Å². The van der Waals surface area contributed by atoms with Gasteiger partial charge >= 0.3 is 0 Å². The van der Waals surface area contributed by atoms with Crippen molar-refractivity contribution < 1.29 is 5.11 Å². The molecular formula is C9H6BrNO. The summed E-state index contributed by atoms with van der Waals surface area (Å²) in [6, 6.07) is 7.13. The van der Waals surface area contributed by atoms with E-state index in [9.17, 15) is 5.11 Å². The van der Waals surface area contributed by atoms with Crippen LogP contribution in [0.4, 0.5) is 0 Å². The first kappa shape index (κ1) is 7.55. The molecule has 0 saturated carbocycles. The molecule has 0 aliphatic carbocycles. The van der Waals surface area contributed by atoms with E-state index in [2.05, 4.69) is 20.9 Å². The van der Waals surface area contributed by atoms with Crippen molar-refractivity contribution in [2.45, 2.75) is 0 Å². The summed E-state index contributed by atoms with van der Waals surface area (Å²) in [7, 11) is 0. The van der Waals surface area contributed by atoms with E-state index in [1.54, 1.807) is 18.3 Å². The van der Waals surface area contributed by atoms with E-state index in [4.69, 9.17) is 0 Å². The number of pyridine rings is 1. The van der Waals surface area contributed by atoms with Gasteiger partial charge in [-0.05, 0) is 34.1 Å². The molecule has 3 heteroatoms. The lowest BCUT2D eigenvalue weighted by Gasteiger charge is -1.99. The number of aromatic nitrogens is 1. The number of nitrogens with zero attached hydrogens (tertiary/aromatic N) is 1. The van der Waals surface area contributed by atoms with Crippen LogP contribution >= 0.6 is 15.9 Å². The van der Waals surface area contributed by atoms with E-state index in [0.29, 0.717) is 0 Å². The summed E-state index contributed by atoms with van der Waals surface area (Å²) in [5, 5.41) is 10.2. The standard InChI is InChI=1S/C9H6BrNO/c10-6-4-7-8(11-5-6)2-1-3-9(7)12/h1-5,12H. The minimum absolute atomic E-state index is 0.265. The van der Waals surface area contributed by atoms with Crippen LogP contribution in [0.3, 0.4) is 0 Å². The fourth-order valence-corrected chi connectivity index (χ4v) is 1.44. The van der Waals surface area contributed by atoms with Crippen molar-refractivity contribution in [1.29, 1.82) is 0 Å². The molecule has 0 fully saturated rings. The zero-order valence-corrected chi connectivity index (χ0v) is 7.75. The molecule has 2 nitrogen and oxygen atoms in total. The Labute approximate surface area is 78.0 Å². The Balaban J connectivity index is 2.88. The number of phenolic OH excluding ortho intramolecular Hbond substituents is 1. The van der Waals surface area contributed by atoms with Gasteiger partial charge in [-0.1, -0.05) is 6.07 Å². The van der Waals surface area contributed by atoms with Gasteiger partial charge in [0.25, 0.3) is 0 Å². The normalized spacial score (nSPS) is 10.4. The molecule has 0 saturated heterocycles. The average molecular weight is 224 g/mol. The average Bonchev–Trinajstić information content (AvgIpc) is 2.07. The van der Waals surface area contributed by atoms with Crippen LogP contribution in [-0.2, 0) is 0 Å². The highest BCUT2D eigenvalue weighted by Crippen LogP contribution is 2.24. The SMILES string of the molecule is Oc1cccc2ncc(Br)cc12. The molecule has 2 aromatic rings. The summed E-state index contributed by atoms with van der Waals surface area (Å²) in [6.45, 7) is 0. The first-order valence-electron chi connectivity index (χ1n) is 3.50. The smallest absolute Gasteiger partial charge is 0.125 e. The Morgan fingerprint density at radius 2 is 2.17 bits per heavy atom. The van der Waals surface area contributed by atoms with E-state index >= 15 is 0 Å². The molecule has 0 bridgehead atoms. The molecule has 12 heavy (non-hydrogen) atoms. The Morgan fingerprint density at radius 1 is 1.33 bits per heavy atom. The summed E-state index contributed by atoms with van der Waals surface area (Å²) in [6.07, 6.45) is 1.71. The molecule has 0 spiro atoms. The van der Waals surface area contributed by atoms with Crippen LogP contribution in [0.25, 0.3) is 10.9 Å². The van der Waals surface area contributed by atoms with Crippen molar-refractivity contribution in [2.75, 3.05) is 0 Å². The lowest BCUT2D eigenvalue weighted by Crippen LogP contribution is -1.78. The highest BCUT2D eigenvalue weighted by molar-refractivity contribution is 9.10. The van der Waals surface area contributed by atoms with Gasteiger partial charge in [-0.15, -0.1) is 0 Å². The highest BCUT2D eigenvalue weighted by Gasteiger charge is 1.99. The van der Waals surface area contributed by atoms with Crippen LogP contribution in [0.15, 0.2) is 34.9 Å². The minimum Gasteiger partial charge on any atom is -0.507 e. The molecule has 1 heterocycles. The van der Waals surface area contributed by atoms with Crippen LogP contribution in [0.1, 0.15) is 0 Å². The molecule has 2 rings (SSSR count). The van der Waals surface area contributed by atoms with Gasteiger partial charge in [0.2, 0.25) is 0 Å². The minimum atomic E-state index is 0.265. The van der Waals surface area contributed by atoms with Gasteiger partial charge in [-0.25, -0.2) is 0 Å². The van der Waals surface area contributed by atoms with Crippen molar-refractivity contribution in [3.63, 3.8) is 0 Å². The van der Waals surface area contributed by atoms with Gasteiger partial charge in [0, 0.05) is 16.1 Å². The molecule has 60 valence electrons. The number of phenols is 1.